The molecule has 4 rings (SSSR count). The smallest absolute Gasteiger partial charge is 0.191 e. The second-order valence-corrected chi connectivity index (χ2v) is 12.0. The number of imidazole rings is 1. The quantitative estimate of drug-likeness (QED) is 0.222. The van der Waals surface area contributed by atoms with Gasteiger partial charge in [0, 0.05) is 17.2 Å². The van der Waals surface area contributed by atoms with E-state index >= 15 is 0 Å². The molecule has 8 heteroatoms. The third kappa shape index (κ3) is 4.64. The van der Waals surface area contributed by atoms with Crippen molar-refractivity contribution in [2.45, 2.75) is 19.0 Å². The van der Waals surface area contributed by atoms with Gasteiger partial charge in [-0.25, -0.2) is 15.0 Å². The van der Waals surface area contributed by atoms with Crippen molar-refractivity contribution < 1.29 is 4.57 Å². The molecule has 0 aliphatic heterocycles. The maximum atomic E-state index is 12.3. The summed E-state index contributed by atoms with van der Waals surface area (Å²) in [6, 6.07) is 13.9. The number of aryl methyl sites for hydroxylation is 2. The highest BCUT2D eigenvalue weighted by molar-refractivity contribution is 7.98. The summed E-state index contributed by atoms with van der Waals surface area (Å²) >= 11 is 1.48. The maximum absolute atomic E-state index is 12.3. The molecule has 6 nitrogen and oxygen atoms in total. The number of hydrogen-bond acceptors (Lipinski definition) is 6. The Balaban J connectivity index is 1.71. The fourth-order valence-corrected chi connectivity index (χ4v) is 4.70. The Labute approximate surface area is 192 Å². The number of nitrogens with zero attached hydrogens (tertiary/aromatic N) is 4. The van der Waals surface area contributed by atoms with E-state index in [-0.39, 0.29) is 0 Å². The van der Waals surface area contributed by atoms with Crippen molar-refractivity contribution in [3.05, 3.63) is 65.5 Å². The largest absolute Gasteiger partial charge is 0.338 e. The predicted molar refractivity (Wildman–Crippen MR) is 137 cm³/mol. The maximum Gasteiger partial charge on any atom is 0.191 e. The molecule has 0 radical (unpaired) electrons. The van der Waals surface area contributed by atoms with Gasteiger partial charge < -0.3 is 9.88 Å². The number of fused-ring (bicyclic) bond motifs is 1. The Bertz CT molecular complexity index is 1330. The second kappa shape index (κ2) is 8.93. The van der Waals surface area contributed by atoms with Crippen LogP contribution >= 0.6 is 18.9 Å². The lowest BCUT2D eigenvalue weighted by Gasteiger charge is -2.10. The summed E-state index contributed by atoms with van der Waals surface area (Å²) in [4.78, 5) is 13.9. The predicted octanol–water partition coefficient (Wildman–Crippen LogP) is 5.78. The first-order valence-corrected chi connectivity index (χ1v) is 14.0. The summed E-state index contributed by atoms with van der Waals surface area (Å²) in [5.41, 5.74) is 5.91. The standard InChI is InChI=1S/C24H26N5OPS/c1-16-7-6-8-17(2)20(16)13-14-29-15-25-21-22(27-24(32-5)28-23(21)29)26-18-9-11-19(12-10-18)31(3,4)30/h6-15H,1-5H3,(H,26,27,28)/b14-13+. The monoisotopic (exact) mass is 463 g/mol. The number of hydrogen-bond donors (Lipinski definition) is 1. The van der Waals surface area contributed by atoms with Gasteiger partial charge in [0.15, 0.2) is 22.1 Å². The number of benzene rings is 2. The molecule has 0 saturated heterocycles. The Kier molecular flexibility index (Phi) is 6.22. The zero-order chi connectivity index (χ0) is 22.9. The minimum Gasteiger partial charge on any atom is -0.338 e. The highest BCUT2D eigenvalue weighted by Gasteiger charge is 2.14. The van der Waals surface area contributed by atoms with Gasteiger partial charge >= 0.3 is 0 Å². The van der Waals surface area contributed by atoms with Crippen LogP contribution in [-0.2, 0) is 4.57 Å². The molecule has 2 aromatic carbocycles. The van der Waals surface area contributed by atoms with E-state index in [1.54, 1.807) is 19.7 Å². The SMILES string of the molecule is CSc1nc(Nc2ccc(P(C)(C)=O)cc2)c2ncn(/C=C/c3c(C)cccc3C)c2n1. The number of rotatable bonds is 6. The zero-order valence-electron chi connectivity index (χ0n) is 18.8. The number of aromatic nitrogens is 4. The number of anilines is 2. The molecule has 0 spiro atoms. The molecular weight excluding hydrogens is 437 g/mol. The lowest BCUT2D eigenvalue weighted by molar-refractivity contribution is 0.588. The Morgan fingerprint density at radius 3 is 2.34 bits per heavy atom. The molecule has 0 unspecified atom stereocenters. The first kappa shape index (κ1) is 22.3. The lowest BCUT2D eigenvalue weighted by Crippen LogP contribution is -2.04. The summed E-state index contributed by atoms with van der Waals surface area (Å²) in [6.45, 7) is 7.76. The van der Waals surface area contributed by atoms with Gasteiger partial charge in [-0.15, -0.1) is 0 Å². The average molecular weight is 464 g/mol. The summed E-state index contributed by atoms with van der Waals surface area (Å²) in [7, 11) is -2.29. The summed E-state index contributed by atoms with van der Waals surface area (Å²) in [5, 5.41) is 4.86. The van der Waals surface area contributed by atoms with Crippen molar-refractivity contribution in [2.75, 3.05) is 24.9 Å². The molecule has 1 N–H and O–H groups in total. The van der Waals surface area contributed by atoms with E-state index in [0.29, 0.717) is 16.5 Å². The van der Waals surface area contributed by atoms with Crippen LogP contribution in [0.3, 0.4) is 0 Å². The van der Waals surface area contributed by atoms with Gasteiger partial charge in [-0.1, -0.05) is 30.0 Å². The van der Waals surface area contributed by atoms with Crippen molar-refractivity contribution in [3.63, 3.8) is 0 Å². The molecule has 0 bridgehead atoms. The van der Waals surface area contributed by atoms with Gasteiger partial charge in [-0.05, 0) is 80.5 Å². The highest BCUT2D eigenvalue weighted by atomic mass is 32.2. The number of thioether (sulfide) groups is 1. The molecule has 0 aliphatic rings. The molecule has 0 atom stereocenters. The van der Waals surface area contributed by atoms with E-state index < -0.39 is 7.14 Å². The Morgan fingerprint density at radius 1 is 1.03 bits per heavy atom. The molecule has 32 heavy (non-hydrogen) atoms. The highest BCUT2D eigenvalue weighted by Crippen LogP contribution is 2.35. The Hall–Kier alpha value is -2.89. The van der Waals surface area contributed by atoms with Crippen molar-refractivity contribution in [3.8, 4) is 0 Å². The molecule has 0 aliphatic carbocycles. The van der Waals surface area contributed by atoms with Crippen molar-refractivity contribution in [2.24, 2.45) is 0 Å². The van der Waals surface area contributed by atoms with Gasteiger partial charge in [0.25, 0.3) is 0 Å². The molecule has 2 aromatic heterocycles. The van der Waals surface area contributed by atoms with E-state index in [0.717, 1.165) is 16.6 Å². The first-order valence-electron chi connectivity index (χ1n) is 10.2. The van der Waals surface area contributed by atoms with Crippen LogP contribution in [0.1, 0.15) is 16.7 Å². The van der Waals surface area contributed by atoms with Crippen LogP contribution in [0.2, 0.25) is 0 Å². The van der Waals surface area contributed by atoms with E-state index in [9.17, 15) is 4.57 Å². The lowest BCUT2D eigenvalue weighted by atomic mass is 10.0. The van der Waals surface area contributed by atoms with Crippen LogP contribution in [0.25, 0.3) is 23.4 Å². The van der Waals surface area contributed by atoms with E-state index in [1.165, 1.54) is 28.5 Å². The molecule has 164 valence electrons. The van der Waals surface area contributed by atoms with Crippen LogP contribution in [0.15, 0.2) is 53.9 Å². The zero-order valence-corrected chi connectivity index (χ0v) is 20.5. The fraction of sp³-hybridized carbons (Fsp3) is 0.208. The van der Waals surface area contributed by atoms with Crippen LogP contribution < -0.4 is 10.6 Å². The second-order valence-electron chi connectivity index (χ2n) is 8.03. The fourth-order valence-electron chi connectivity index (χ4n) is 3.47. The van der Waals surface area contributed by atoms with Crippen LogP contribution in [0.5, 0.6) is 0 Å². The molecule has 0 saturated carbocycles. The average Bonchev–Trinajstić information content (AvgIpc) is 3.16. The van der Waals surface area contributed by atoms with Crippen LogP contribution in [0, 0.1) is 13.8 Å². The van der Waals surface area contributed by atoms with Gasteiger partial charge in [0.1, 0.15) is 13.5 Å². The van der Waals surface area contributed by atoms with Gasteiger partial charge in [-0.3, -0.25) is 4.57 Å². The minimum atomic E-state index is -2.29. The van der Waals surface area contributed by atoms with Gasteiger partial charge in [-0.2, -0.15) is 0 Å². The van der Waals surface area contributed by atoms with E-state index in [2.05, 4.69) is 58.4 Å². The van der Waals surface area contributed by atoms with Crippen LogP contribution in [-0.4, -0.2) is 39.1 Å². The van der Waals surface area contributed by atoms with Crippen LogP contribution in [0.4, 0.5) is 11.5 Å². The molecule has 0 amide bonds. The minimum absolute atomic E-state index is 0.641. The Morgan fingerprint density at radius 2 is 1.72 bits per heavy atom. The van der Waals surface area contributed by atoms with E-state index in [1.807, 2.05) is 41.3 Å². The first-order chi connectivity index (χ1) is 15.3. The molecule has 0 fully saturated rings. The van der Waals surface area contributed by atoms with Gasteiger partial charge in [0.2, 0.25) is 0 Å². The molecule has 2 heterocycles. The third-order valence-corrected chi connectivity index (χ3v) is 7.37. The molecule has 4 aromatic rings. The topological polar surface area (TPSA) is 72.7 Å². The normalized spacial score (nSPS) is 12.0. The summed E-state index contributed by atoms with van der Waals surface area (Å²) in [5.74, 6) is 0.641. The van der Waals surface area contributed by atoms with Crippen molar-refractivity contribution >= 4 is 59.2 Å². The van der Waals surface area contributed by atoms with Crippen molar-refractivity contribution in [1.29, 1.82) is 0 Å². The summed E-state index contributed by atoms with van der Waals surface area (Å²) < 4.78 is 14.2. The van der Waals surface area contributed by atoms with Crippen molar-refractivity contribution in [1.82, 2.24) is 19.5 Å². The van der Waals surface area contributed by atoms with E-state index in [4.69, 9.17) is 0 Å². The van der Waals surface area contributed by atoms with Gasteiger partial charge in [0.05, 0.1) is 0 Å². The summed E-state index contributed by atoms with van der Waals surface area (Å²) in [6.07, 6.45) is 7.78. The third-order valence-electron chi connectivity index (χ3n) is 5.28. The molecular formula is C24H26N5OPS. The number of nitrogens with one attached hydrogen (secondary N) is 1.